The molecule has 1 aromatic rings. The third-order valence-corrected chi connectivity index (χ3v) is 4.98. The summed E-state index contributed by atoms with van der Waals surface area (Å²) >= 11 is 0. The molecule has 0 aromatic heterocycles. The SMILES string of the molecule is Cl.Cl.N[C@H]1C[C@H](C(=O)NC2CCN(c3ccccc3F)CC2)C[C@@H]1O. The molecule has 2 fully saturated rings. The molecule has 8 heteroatoms. The van der Waals surface area contributed by atoms with Gasteiger partial charge in [-0.15, -0.1) is 24.8 Å². The summed E-state index contributed by atoms with van der Waals surface area (Å²) in [6, 6.07) is 6.59. The van der Waals surface area contributed by atoms with Crippen LogP contribution >= 0.6 is 24.8 Å². The van der Waals surface area contributed by atoms with Gasteiger partial charge in [-0.3, -0.25) is 4.79 Å². The van der Waals surface area contributed by atoms with Crippen LogP contribution in [0, 0.1) is 11.7 Å². The van der Waals surface area contributed by atoms with Crippen molar-refractivity contribution >= 4 is 36.4 Å². The Hall–Kier alpha value is -1.08. The molecule has 25 heavy (non-hydrogen) atoms. The van der Waals surface area contributed by atoms with Crippen molar-refractivity contribution in [2.75, 3.05) is 18.0 Å². The number of carbonyl (C=O) groups is 1. The average molecular weight is 394 g/mol. The minimum absolute atomic E-state index is 0. The maximum absolute atomic E-state index is 13.8. The summed E-state index contributed by atoms with van der Waals surface area (Å²) in [5.41, 5.74) is 6.39. The van der Waals surface area contributed by atoms with Crippen molar-refractivity contribution in [3.63, 3.8) is 0 Å². The summed E-state index contributed by atoms with van der Waals surface area (Å²) < 4.78 is 13.8. The van der Waals surface area contributed by atoms with Crippen LogP contribution < -0.4 is 16.0 Å². The summed E-state index contributed by atoms with van der Waals surface area (Å²) in [6.45, 7) is 1.44. The van der Waals surface area contributed by atoms with E-state index in [9.17, 15) is 14.3 Å². The van der Waals surface area contributed by atoms with Gasteiger partial charge in [0.25, 0.3) is 0 Å². The van der Waals surface area contributed by atoms with Crippen molar-refractivity contribution in [2.24, 2.45) is 11.7 Å². The van der Waals surface area contributed by atoms with Crippen LogP contribution in [0.4, 0.5) is 10.1 Å². The molecular formula is C17H26Cl2FN3O2. The molecule has 1 saturated carbocycles. The van der Waals surface area contributed by atoms with E-state index in [2.05, 4.69) is 5.32 Å². The summed E-state index contributed by atoms with van der Waals surface area (Å²) in [7, 11) is 0. The van der Waals surface area contributed by atoms with E-state index in [1.54, 1.807) is 12.1 Å². The number of rotatable bonds is 3. The third kappa shape index (κ3) is 5.20. The summed E-state index contributed by atoms with van der Waals surface area (Å²) in [5.74, 6) is -0.408. The van der Waals surface area contributed by atoms with Gasteiger partial charge in [0.2, 0.25) is 5.91 Å². The molecule has 1 amide bonds. The minimum atomic E-state index is -0.575. The van der Waals surface area contributed by atoms with Gasteiger partial charge in [-0.1, -0.05) is 12.1 Å². The van der Waals surface area contributed by atoms with Crippen LogP contribution in [0.3, 0.4) is 0 Å². The molecule has 1 heterocycles. The van der Waals surface area contributed by atoms with E-state index in [4.69, 9.17) is 5.73 Å². The second-order valence-electron chi connectivity index (χ2n) is 6.62. The number of halogens is 3. The topological polar surface area (TPSA) is 78.6 Å². The van der Waals surface area contributed by atoms with Gasteiger partial charge < -0.3 is 21.1 Å². The molecule has 0 bridgehead atoms. The summed E-state index contributed by atoms with van der Waals surface area (Å²) in [5, 5.41) is 12.7. The van der Waals surface area contributed by atoms with E-state index in [1.165, 1.54) is 6.07 Å². The van der Waals surface area contributed by atoms with Crippen LogP contribution in [0.15, 0.2) is 24.3 Å². The number of aliphatic hydroxyl groups is 1. The molecule has 142 valence electrons. The number of piperidine rings is 1. The van der Waals surface area contributed by atoms with Crippen LogP contribution in [-0.4, -0.2) is 42.3 Å². The van der Waals surface area contributed by atoms with E-state index in [1.807, 2.05) is 11.0 Å². The van der Waals surface area contributed by atoms with Crippen molar-refractivity contribution in [1.82, 2.24) is 5.32 Å². The highest BCUT2D eigenvalue weighted by atomic mass is 35.5. The highest BCUT2D eigenvalue weighted by Crippen LogP contribution is 2.26. The van der Waals surface area contributed by atoms with E-state index >= 15 is 0 Å². The third-order valence-electron chi connectivity index (χ3n) is 4.98. The molecule has 3 rings (SSSR count). The first-order valence-corrected chi connectivity index (χ1v) is 8.28. The van der Waals surface area contributed by atoms with Crippen molar-refractivity contribution in [3.05, 3.63) is 30.1 Å². The number of para-hydroxylation sites is 1. The zero-order valence-corrected chi connectivity index (χ0v) is 15.6. The second-order valence-corrected chi connectivity index (χ2v) is 6.62. The first-order valence-electron chi connectivity index (χ1n) is 8.28. The number of nitrogens with zero attached hydrogens (tertiary/aromatic N) is 1. The predicted octanol–water partition coefficient (Wildman–Crippen LogP) is 1.85. The highest BCUT2D eigenvalue weighted by molar-refractivity contribution is 5.85. The van der Waals surface area contributed by atoms with Crippen LogP contribution in [0.2, 0.25) is 0 Å². The van der Waals surface area contributed by atoms with Gasteiger partial charge >= 0.3 is 0 Å². The van der Waals surface area contributed by atoms with Crippen molar-refractivity contribution in [3.8, 4) is 0 Å². The molecule has 5 nitrogen and oxygen atoms in total. The number of nitrogens with one attached hydrogen (secondary N) is 1. The number of carbonyl (C=O) groups excluding carboxylic acids is 1. The standard InChI is InChI=1S/C17H24FN3O2.2ClH/c18-13-3-1-2-4-15(13)21-7-5-12(6-8-21)20-17(23)11-9-14(19)16(22)10-11;;/h1-4,11-12,14,16,22H,5-10,19H2,(H,20,23);2*1H/t11-,14-,16-;;/m0../s1. The zero-order valence-electron chi connectivity index (χ0n) is 13.9. The minimum Gasteiger partial charge on any atom is -0.391 e. The molecule has 1 saturated heterocycles. The molecule has 3 atom stereocenters. The molecule has 0 radical (unpaired) electrons. The molecule has 0 spiro atoms. The van der Waals surface area contributed by atoms with Gasteiger partial charge in [-0.2, -0.15) is 0 Å². The second kappa shape index (κ2) is 9.57. The number of hydrogen-bond acceptors (Lipinski definition) is 4. The molecule has 0 unspecified atom stereocenters. The Morgan fingerprint density at radius 1 is 1.20 bits per heavy atom. The van der Waals surface area contributed by atoms with Gasteiger partial charge in [0.15, 0.2) is 0 Å². The van der Waals surface area contributed by atoms with Crippen LogP contribution in [-0.2, 0) is 4.79 Å². The number of aliphatic hydroxyl groups excluding tert-OH is 1. The molecule has 1 aliphatic heterocycles. The van der Waals surface area contributed by atoms with Gasteiger partial charge in [0.1, 0.15) is 5.82 Å². The van der Waals surface area contributed by atoms with E-state index in [0.717, 1.165) is 25.9 Å². The fourth-order valence-corrected chi connectivity index (χ4v) is 3.55. The average Bonchev–Trinajstić information content (AvgIpc) is 2.88. The quantitative estimate of drug-likeness (QED) is 0.731. The number of amides is 1. The lowest BCUT2D eigenvalue weighted by atomic mass is 10.0. The first kappa shape index (κ1) is 22.0. The summed E-state index contributed by atoms with van der Waals surface area (Å²) in [6.07, 6.45) is 2.00. The van der Waals surface area contributed by atoms with Gasteiger partial charge in [0, 0.05) is 31.1 Å². The van der Waals surface area contributed by atoms with Gasteiger partial charge in [-0.05, 0) is 37.8 Å². The highest BCUT2D eigenvalue weighted by Gasteiger charge is 2.35. The Labute approximate surface area is 160 Å². The number of benzene rings is 1. The van der Waals surface area contributed by atoms with Crippen LogP contribution in [0.1, 0.15) is 25.7 Å². The molecule has 1 aromatic carbocycles. The maximum atomic E-state index is 13.8. The van der Waals surface area contributed by atoms with E-state index in [-0.39, 0.29) is 54.5 Å². The van der Waals surface area contributed by atoms with Crippen molar-refractivity contribution in [2.45, 2.75) is 43.9 Å². The van der Waals surface area contributed by atoms with Crippen molar-refractivity contribution in [1.29, 1.82) is 0 Å². The smallest absolute Gasteiger partial charge is 0.223 e. The fourth-order valence-electron chi connectivity index (χ4n) is 3.55. The Morgan fingerprint density at radius 2 is 1.84 bits per heavy atom. The maximum Gasteiger partial charge on any atom is 0.223 e. The number of anilines is 1. The Balaban J connectivity index is 0.00000156. The Kier molecular flexibility index (Phi) is 8.41. The number of hydrogen-bond donors (Lipinski definition) is 3. The van der Waals surface area contributed by atoms with Crippen LogP contribution in [0.5, 0.6) is 0 Å². The zero-order chi connectivity index (χ0) is 16.4. The lowest BCUT2D eigenvalue weighted by molar-refractivity contribution is -0.125. The normalized spacial score (nSPS) is 26.5. The van der Waals surface area contributed by atoms with Crippen LogP contribution in [0.25, 0.3) is 0 Å². The van der Waals surface area contributed by atoms with Crippen molar-refractivity contribution < 1.29 is 14.3 Å². The molecule has 1 aliphatic carbocycles. The predicted molar refractivity (Wildman–Crippen MR) is 101 cm³/mol. The Morgan fingerprint density at radius 3 is 2.40 bits per heavy atom. The Bertz CT molecular complexity index is 561. The molecular weight excluding hydrogens is 368 g/mol. The molecule has 4 N–H and O–H groups in total. The van der Waals surface area contributed by atoms with E-state index in [0.29, 0.717) is 18.5 Å². The molecule has 2 aliphatic rings. The van der Waals surface area contributed by atoms with E-state index < -0.39 is 6.10 Å². The monoisotopic (exact) mass is 393 g/mol. The fraction of sp³-hybridized carbons (Fsp3) is 0.588. The lowest BCUT2D eigenvalue weighted by Gasteiger charge is -2.34. The first-order chi connectivity index (χ1) is 11.0. The van der Waals surface area contributed by atoms with Gasteiger partial charge in [0.05, 0.1) is 11.8 Å². The lowest BCUT2D eigenvalue weighted by Crippen LogP contribution is -2.46. The van der Waals surface area contributed by atoms with Gasteiger partial charge in [-0.25, -0.2) is 4.39 Å². The number of nitrogens with two attached hydrogens (primary N) is 1. The largest absolute Gasteiger partial charge is 0.391 e. The summed E-state index contributed by atoms with van der Waals surface area (Å²) in [4.78, 5) is 14.3.